The molecule has 1 aliphatic heterocycles. The van der Waals surface area contributed by atoms with Gasteiger partial charge < -0.3 is 14.8 Å². The van der Waals surface area contributed by atoms with Gasteiger partial charge in [-0.15, -0.1) is 29.2 Å². The maximum atomic E-state index is 13.8. The van der Waals surface area contributed by atoms with E-state index in [0.717, 1.165) is 30.7 Å². The fourth-order valence-electron chi connectivity index (χ4n) is 4.85. The van der Waals surface area contributed by atoms with Gasteiger partial charge in [0.15, 0.2) is 0 Å². The number of carbonyl (C=O) groups excluding carboxylic acids is 1. The molecule has 1 fully saturated rings. The number of rotatable bonds is 8. The molecule has 0 saturated heterocycles. The molecular formula is C27H36N5O5P3S2. The smallest absolute Gasteiger partial charge is 0.257 e. The van der Waals surface area contributed by atoms with E-state index in [1.807, 2.05) is 29.6 Å². The van der Waals surface area contributed by atoms with Crippen LogP contribution in [0.25, 0.3) is 0 Å². The number of anilines is 1. The molecule has 0 spiro atoms. The van der Waals surface area contributed by atoms with E-state index in [1.54, 1.807) is 45.4 Å². The Labute approximate surface area is 257 Å². The van der Waals surface area contributed by atoms with Gasteiger partial charge in [-0.25, -0.2) is 22.7 Å². The van der Waals surface area contributed by atoms with Crippen molar-refractivity contribution in [2.45, 2.75) is 37.1 Å². The van der Waals surface area contributed by atoms with Crippen molar-refractivity contribution in [1.82, 2.24) is 14.6 Å². The van der Waals surface area contributed by atoms with Gasteiger partial charge in [0.2, 0.25) is 16.0 Å². The molecule has 0 radical (unpaired) electrons. The van der Waals surface area contributed by atoms with Crippen LogP contribution in [0.4, 0.5) is 5.82 Å². The zero-order chi connectivity index (χ0) is 30.5. The van der Waals surface area contributed by atoms with Gasteiger partial charge in [-0.05, 0) is 49.9 Å². The third-order valence-electron chi connectivity index (χ3n) is 7.10. The van der Waals surface area contributed by atoms with E-state index in [2.05, 4.69) is 28.5 Å². The number of hydrogen-bond acceptors (Lipinski definition) is 9. The summed E-state index contributed by atoms with van der Waals surface area (Å²) in [5, 5.41) is 7.65. The van der Waals surface area contributed by atoms with Gasteiger partial charge in [-0.2, -0.15) is 0 Å². The number of nitrogens with one attached hydrogen (secondary N) is 2. The van der Waals surface area contributed by atoms with E-state index in [4.69, 9.17) is 19.5 Å². The molecule has 1 aliphatic carbocycles. The Morgan fingerprint density at radius 3 is 2.48 bits per heavy atom. The average molecular weight is 668 g/mol. The Morgan fingerprint density at radius 2 is 1.86 bits per heavy atom. The first-order valence-electron chi connectivity index (χ1n) is 13.1. The van der Waals surface area contributed by atoms with Gasteiger partial charge in [-0.1, -0.05) is 26.2 Å². The summed E-state index contributed by atoms with van der Waals surface area (Å²) >= 11 is 1.35. The minimum atomic E-state index is -3.83. The highest BCUT2D eigenvalue weighted by atomic mass is 32.4. The number of benzene rings is 2. The van der Waals surface area contributed by atoms with Crippen molar-refractivity contribution in [3.8, 4) is 11.5 Å². The van der Waals surface area contributed by atoms with Gasteiger partial charge in [0.05, 0.1) is 14.2 Å². The normalized spacial score (nSPS) is 21.0. The fraction of sp³-hybridized carbons (Fsp3) is 0.370. The molecule has 42 heavy (non-hydrogen) atoms. The molecule has 2 N–H and O–H groups in total. The van der Waals surface area contributed by atoms with Gasteiger partial charge in [0.1, 0.15) is 33.1 Å². The lowest BCUT2D eigenvalue weighted by Gasteiger charge is -2.41. The summed E-state index contributed by atoms with van der Waals surface area (Å²) < 4.78 is 39.4. The number of guanidine groups is 1. The van der Waals surface area contributed by atoms with Crippen molar-refractivity contribution in [3.63, 3.8) is 0 Å². The number of hydrogen-bond donors (Lipinski definition) is 2. The van der Waals surface area contributed by atoms with E-state index in [1.165, 1.54) is 18.4 Å². The molecule has 5 rings (SSSR count). The quantitative estimate of drug-likeness (QED) is 0.322. The van der Waals surface area contributed by atoms with E-state index in [0.29, 0.717) is 34.4 Å². The Kier molecular flexibility index (Phi) is 10.8. The summed E-state index contributed by atoms with van der Waals surface area (Å²) in [4.78, 5) is 22.5. The number of amides is 1. The zero-order valence-electron chi connectivity index (χ0n) is 23.8. The standard InChI is InChI=1S/C27H31N5O5S2.H5P3/c1-27(25-29-22(16-38-25)28-15-19-12-13-20(36-3)14-21(19)37-4)23(17-10-11-17)39(34,35)32(2)26(31-27)30-24(33)18-8-6-5-7-9-18;1-3-2/h5-9,12-14,16-17,23,28H,10-11,15H2,1-4H3,(H,30,31,33);3H,1-2H2. The average Bonchev–Trinajstić information content (AvgIpc) is 3.68. The summed E-state index contributed by atoms with van der Waals surface area (Å²) in [6.07, 6.45) is 1.62. The number of nitrogens with zero attached hydrogens (tertiary/aromatic N) is 3. The topological polar surface area (TPSA) is 122 Å². The minimum Gasteiger partial charge on any atom is -0.497 e. The lowest BCUT2D eigenvalue weighted by atomic mass is 9.95. The van der Waals surface area contributed by atoms with Crippen molar-refractivity contribution in [3.05, 3.63) is 70.0 Å². The van der Waals surface area contributed by atoms with Crippen LogP contribution in [0.15, 0.2) is 58.9 Å². The molecular weight excluding hydrogens is 631 g/mol. The molecule has 3 aromatic rings. The Hall–Kier alpha value is -2.35. The molecule has 0 bridgehead atoms. The third kappa shape index (κ3) is 7.06. The lowest BCUT2D eigenvalue weighted by molar-refractivity contribution is 0.0974. The van der Waals surface area contributed by atoms with Crippen LogP contribution in [0.3, 0.4) is 0 Å². The maximum absolute atomic E-state index is 13.8. The van der Waals surface area contributed by atoms with Crippen LogP contribution in [-0.4, -0.2) is 56.1 Å². The van der Waals surface area contributed by atoms with Crippen LogP contribution in [0.1, 0.15) is 40.7 Å². The van der Waals surface area contributed by atoms with Crippen molar-refractivity contribution in [1.29, 1.82) is 0 Å². The highest BCUT2D eigenvalue weighted by Gasteiger charge is 2.58. The molecule has 1 amide bonds. The van der Waals surface area contributed by atoms with Crippen LogP contribution in [0, 0.1) is 5.92 Å². The first kappa shape index (κ1) is 32.6. The molecule has 226 valence electrons. The second kappa shape index (κ2) is 14.0. The van der Waals surface area contributed by atoms with Crippen molar-refractivity contribution < 1.29 is 22.7 Å². The molecule has 15 heteroatoms. The second-order valence-corrected chi connectivity index (χ2v) is 17.2. The number of aromatic nitrogens is 1. The highest BCUT2D eigenvalue weighted by molar-refractivity contribution is 8.33. The maximum Gasteiger partial charge on any atom is 0.257 e. The van der Waals surface area contributed by atoms with Crippen LogP contribution >= 0.6 is 37.2 Å². The molecule has 1 saturated carbocycles. The molecule has 4 unspecified atom stereocenters. The predicted molar refractivity (Wildman–Crippen MR) is 179 cm³/mol. The van der Waals surface area contributed by atoms with Crippen molar-refractivity contribution >= 4 is 64.9 Å². The zero-order valence-corrected chi connectivity index (χ0v) is 28.8. The Balaban J connectivity index is 0.00000129. The SMILES string of the molecule is COc1ccc(CNc2csc(C3(C)N=C(NC(=O)c4ccccc4)N(C)S(=O)(=O)C3C3CC3)n2)c(OC)c1.PPP. The van der Waals surface area contributed by atoms with Crippen LogP contribution in [-0.2, 0) is 22.1 Å². The number of sulfonamides is 1. The summed E-state index contributed by atoms with van der Waals surface area (Å²) in [6, 6.07) is 14.2. The van der Waals surface area contributed by atoms with E-state index >= 15 is 0 Å². The fourth-order valence-corrected chi connectivity index (χ4v) is 8.01. The lowest BCUT2D eigenvalue weighted by Crippen LogP contribution is -2.58. The molecule has 4 atom stereocenters. The molecule has 2 aliphatic rings. The largest absolute Gasteiger partial charge is 0.497 e. The Bertz CT molecular complexity index is 1540. The van der Waals surface area contributed by atoms with E-state index < -0.39 is 26.7 Å². The minimum absolute atomic E-state index is 0.0177. The van der Waals surface area contributed by atoms with E-state index in [-0.39, 0.29) is 11.9 Å². The first-order chi connectivity index (χ1) is 20.1. The summed E-state index contributed by atoms with van der Waals surface area (Å²) in [5.41, 5.74) is 0.154. The second-order valence-electron chi connectivity index (χ2n) is 9.91. The number of ether oxygens (including phenoxy) is 2. The molecule has 2 aromatic carbocycles. The number of aliphatic imine (C=N–C) groups is 1. The highest BCUT2D eigenvalue weighted by Crippen LogP contribution is 2.50. The van der Waals surface area contributed by atoms with Crippen LogP contribution in [0.5, 0.6) is 11.5 Å². The summed E-state index contributed by atoms with van der Waals surface area (Å²) in [6.45, 7) is 2.24. The first-order valence-corrected chi connectivity index (χ1v) is 20.1. The van der Waals surface area contributed by atoms with Gasteiger partial charge in [0, 0.05) is 36.2 Å². The van der Waals surface area contributed by atoms with Gasteiger partial charge in [-0.3, -0.25) is 10.1 Å². The van der Waals surface area contributed by atoms with Crippen LogP contribution in [0.2, 0.25) is 0 Å². The summed E-state index contributed by atoms with van der Waals surface area (Å²) in [7, 11) is 6.87. The van der Waals surface area contributed by atoms with Gasteiger partial charge >= 0.3 is 0 Å². The number of thiazole rings is 1. The van der Waals surface area contributed by atoms with Gasteiger partial charge in [0.25, 0.3) is 5.91 Å². The van der Waals surface area contributed by atoms with Crippen LogP contribution < -0.4 is 20.1 Å². The predicted octanol–water partition coefficient (Wildman–Crippen LogP) is 5.07. The molecule has 10 nitrogen and oxygen atoms in total. The van der Waals surface area contributed by atoms with Crippen molar-refractivity contribution in [2.24, 2.45) is 10.9 Å². The van der Waals surface area contributed by atoms with E-state index in [9.17, 15) is 13.2 Å². The molecule has 1 aromatic heterocycles. The third-order valence-corrected chi connectivity index (χ3v) is 10.6. The summed E-state index contributed by atoms with van der Waals surface area (Å²) in [5.74, 6) is 1.51. The monoisotopic (exact) mass is 667 g/mol. The van der Waals surface area contributed by atoms with Crippen molar-refractivity contribution in [2.75, 3.05) is 26.6 Å². The number of methoxy groups -OCH3 is 2. The number of carbonyl (C=O) groups is 1. The Morgan fingerprint density at radius 1 is 1.17 bits per heavy atom. The molecule has 2 heterocycles.